The molecule has 1 heterocycles. The first-order valence-electron chi connectivity index (χ1n) is 2.92. The van der Waals surface area contributed by atoms with Gasteiger partial charge in [-0.15, -0.1) is 0 Å². The molecule has 1 rings (SSSR count). The molecule has 0 aromatic rings. The van der Waals surface area contributed by atoms with E-state index in [2.05, 4.69) is 20.9 Å². The van der Waals surface area contributed by atoms with Crippen LogP contribution in [0.4, 0.5) is 0 Å². The monoisotopic (exact) mass is 194 g/mol. The number of hydrogen-bond donors (Lipinski definition) is 2. The molecule has 0 aromatic heterocycles. The number of morpholine rings is 1. The molecule has 1 unspecified atom stereocenters. The van der Waals surface area contributed by atoms with E-state index in [1.165, 1.54) is 0 Å². The van der Waals surface area contributed by atoms with Crippen LogP contribution < -0.4 is 11.1 Å². The molecule has 9 heavy (non-hydrogen) atoms. The normalized spacial score (nSPS) is 27.8. The zero-order valence-electron chi connectivity index (χ0n) is 5.09. The number of nitrogens with two attached hydrogens (primary N) is 1. The van der Waals surface area contributed by atoms with E-state index in [1.54, 1.807) is 0 Å². The third-order valence-corrected chi connectivity index (χ3v) is 1.80. The van der Waals surface area contributed by atoms with Gasteiger partial charge in [0.2, 0.25) is 0 Å². The topological polar surface area (TPSA) is 47.3 Å². The zero-order valence-corrected chi connectivity index (χ0v) is 6.81. The summed E-state index contributed by atoms with van der Waals surface area (Å²) in [5, 5.41) is 3.17. The maximum absolute atomic E-state index is 5.46. The zero-order chi connectivity index (χ0) is 6.69. The summed E-state index contributed by atoms with van der Waals surface area (Å²) in [6, 6.07) is 0. The minimum absolute atomic E-state index is 0.0822. The summed E-state index contributed by atoms with van der Waals surface area (Å²) in [6.07, 6.45) is 0.0822. The Morgan fingerprint density at radius 2 is 2.56 bits per heavy atom. The van der Waals surface area contributed by atoms with Crippen LogP contribution in [0.25, 0.3) is 0 Å². The van der Waals surface area contributed by atoms with Crippen molar-refractivity contribution in [1.82, 2.24) is 5.32 Å². The Morgan fingerprint density at radius 1 is 1.78 bits per heavy atom. The first kappa shape index (κ1) is 7.22. The molecule has 1 aliphatic heterocycles. The van der Waals surface area contributed by atoms with Crippen molar-refractivity contribution in [2.45, 2.75) is 6.10 Å². The van der Waals surface area contributed by atoms with Crippen molar-refractivity contribution in [3.8, 4) is 0 Å². The van der Waals surface area contributed by atoms with Crippen LogP contribution in [0.3, 0.4) is 0 Å². The van der Waals surface area contributed by atoms with Crippen molar-refractivity contribution in [2.75, 3.05) is 19.7 Å². The van der Waals surface area contributed by atoms with E-state index in [1.807, 2.05) is 0 Å². The van der Waals surface area contributed by atoms with E-state index < -0.39 is 0 Å². The molecule has 1 fully saturated rings. The Morgan fingerprint density at radius 3 is 2.89 bits per heavy atom. The second-order valence-electron chi connectivity index (χ2n) is 1.97. The Hall–Kier alpha value is 0.109. The van der Waals surface area contributed by atoms with E-state index in [9.17, 15) is 0 Å². The van der Waals surface area contributed by atoms with Gasteiger partial charge in [0.15, 0.2) is 0 Å². The fourth-order valence-corrected chi connectivity index (χ4v) is 1.07. The molecular formula is C5H10N2OSe. The van der Waals surface area contributed by atoms with E-state index in [-0.39, 0.29) is 6.10 Å². The predicted molar refractivity (Wildman–Crippen MR) is 37.6 cm³/mol. The van der Waals surface area contributed by atoms with Crippen LogP contribution in [0, 0.1) is 0 Å². The van der Waals surface area contributed by atoms with Gasteiger partial charge in [0.05, 0.1) is 0 Å². The van der Waals surface area contributed by atoms with Crippen LogP contribution >= 0.6 is 0 Å². The summed E-state index contributed by atoms with van der Waals surface area (Å²) in [7, 11) is 0. The first-order chi connectivity index (χ1) is 4.30. The number of nitrogens with one attached hydrogen (secondary N) is 1. The molecule has 0 aromatic carbocycles. The number of ether oxygens (including phenoxy) is 1. The Balaban J connectivity index is 2.31. The van der Waals surface area contributed by atoms with Crippen LogP contribution in [0.5, 0.6) is 0 Å². The van der Waals surface area contributed by atoms with E-state index in [0.717, 1.165) is 24.2 Å². The predicted octanol–water partition coefficient (Wildman–Crippen LogP) is -1.77. The van der Waals surface area contributed by atoms with Crippen molar-refractivity contribution in [3.05, 3.63) is 0 Å². The molecule has 1 saturated heterocycles. The van der Waals surface area contributed by atoms with Crippen LogP contribution in [0.15, 0.2) is 0 Å². The van der Waals surface area contributed by atoms with Gasteiger partial charge in [-0.2, -0.15) is 0 Å². The molecule has 1 atom stereocenters. The van der Waals surface area contributed by atoms with Gasteiger partial charge >= 0.3 is 61.7 Å². The Kier molecular flexibility index (Phi) is 2.66. The van der Waals surface area contributed by atoms with Gasteiger partial charge in [-0.05, 0) is 0 Å². The molecular weight excluding hydrogens is 183 g/mol. The van der Waals surface area contributed by atoms with Crippen molar-refractivity contribution in [2.24, 2.45) is 5.73 Å². The molecule has 4 heteroatoms. The molecule has 0 radical (unpaired) electrons. The molecule has 0 amide bonds. The number of hydrogen-bond acceptors (Lipinski definition) is 3. The molecule has 0 spiro atoms. The maximum atomic E-state index is 5.46. The van der Waals surface area contributed by atoms with Gasteiger partial charge in [0.1, 0.15) is 0 Å². The van der Waals surface area contributed by atoms with Crippen molar-refractivity contribution < 1.29 is 4.74 Å². The number of rotatable bonds is 1. The van der Waals surface area contributed by atoms with Crippen LogP contribution in [-0.4, -0.2) is 45.9 Å². The van der Waals surface area contributed by atoms with Gasteiger partial charge in [-0.1, -0.05) is 0 Å². The van der Waals surface area contributed by atoms with Gasteiger partial charge in [-0.3, -0.25) is 0 Å². The quantitative estimate of drug-likeness (QED) is 0.484. The average molecular weight is 193 g/mol. The SMILES string of the molecule is NC(=[Se])C1CNCCO1. The van der Waals surface area contributed by atoms with Gasteiger partial charge in [-0.25, -0.2) is 0 Å². The van der Waals surface area contributed by atoms with Crippen LogP contribution in [0.1, 0.15) is 0 Å². The summed E-state index contributed by atoms with van der Waals surface area (Å²) in [5.74, 6) is 0. The van der Waals surface area contributed by atoms with Gasteiger partial charge < -0.3 is 0 Å². The van der Waals surface area contributed by atoms with Crippen LogP contribution in [0.2, 0.25) is 0 Å². The molecule has 52 valence electrons. The Labute approximate surface area is 62.3 Å². The third kappa shape index (κ3) is 2.06. The molecule has 1 aliphatic rings. The fourth-order valence-electron chi connectivity index (χ4n) is 0.748. The molecule has 0 bridgehead atoms. The average Bonchev–Trinajstić information content (AvgIpc) is 1.90. The van der Waals surface area contributed by atoms with Crippen LogP contribution in [-0.2, 0) is 4.74 Å². The summed E-state index contributed by atoms with van der Waals surface area (Å²) in [6.45, 7) is 2.52. The summed E-state index contributed by atoms with van der Waals surface area (Å²) < 4.78 is 6.02. The molecule has 0 aliphatic carbocycles. The third-order valence-electron chi connectivity index (χ3n) is 1.24. The minimum atomic E-state index is 0.0822. The van der Waals surface area contributed by atoms with Crippen molar-refractivity contribution in [3.63, 3.8) is 0 Å². The summed E-state index contributed by atoms with van der Waals surface area (Å²) in [5.41, 5.74) is 5.46. The first-order valence-corrected chi connectivity index (χ1v) is 3.78. The second-order valence-corrected chi connectivity index (χ2v) is 2.95. The van der Waals surface area contributed by atoms with Crippen molar-refractivity contribution in [1.29, 1.82) is 0 Å². The van der Waals surface area contributed by atoms with Gasteiger partial charge in [0, 0.05) is 0 Å². The molecule has 0 saturated carbocycles. The standard InChI is InChI=1S/C5H10N2OSe/c6-5(9)4-3-7-1-2-8-4/h4,7H,1-3H2,(H2,6,9). The van der Waals surface area contributed by atoms with Gasteiger partial charge in [0.25, 0.3) is 0 Å². The van der Waals surface area contributed by atoms with E-state index >= 15 is 0 Å². The second kappa shape index (κ2) is 3.32. The van der Waals surface area contributed by atoms with E-state index in [0.29, 0.717) is 0 Å². The molecule has 3 N–H and O–H groups in total. The van der Waals surface area contributed by atoms with Crippen molar-refractivity contribution >= 4 is 20.1 Å². The summed E-state index contributed by atoms with van der Waals surface area (Å²) >= 11 is 2.74. The summed E-state index contributed by atoms with van der Waals surface area (Å²) in [4.78, 5) is 0. The Bertz CT molecular complexity index is 112. The molecule has 3 nitrogen and oxygen atoms in total. The fraction of sp³-hybridized carbons (Fsp3) is 0.800. The van der Waals surface area contributed by atoms with E-state index in [4.69, 9.17) is 10.5 Å².